The summed E-state index contributed by atoms with van der Waals surface area (Å²) in [6.45, 7) is 2.66. The van der Waals surface area contributed by atoms with E-state index in [4.69, 9.17) is 16.3 Å². The van der Waals surface area contributed by atoms with Gasteiger partial charge in [-0.05, 0) is 36.8 Å². The predicted octanol–water partition coefficient (Wildman–Crippen LogP) is 4.22. The number of H-pyrrole nitrogens is 1. The second kappa shape index (κ2) is 8.10. The highest BCUT2D eigenvalue weighted by Gasteiger charge is 2.13. The summed E-state index contributed by atoms with van der Waals surface area (Å²) in [7, 11) is 0. The van der Waals surface area contributed by atoms with Crippen molar-refractivity contribution < 1.29 is 14.3 Å². The fourth-order valence-corrected chi connectivity index (χ4v) is 2.85. The van der Waals surface area contributed by atoms with E-state index in [9.17, 15) is 9.59 Å². The van der Waals surface area contributed by atoms with Crippen LogP contribution in [0, 0.1) is 0 Å². The van der Waals surface area contributed by atoms with Gasteiger partial charge in [-0.3, -0.25) is 9.59 Å². The number of aromatic nitrogens is 2. The summed E-state index contributed by atoms with van der Waals surface area (Å²) in [6.07, 6.45) is 5.30. The monoisotopic (exact) mass is 373 g/mol. The molecule has 0 radical (unpaired) electrons. The molecule has 6 nitrogen and oxygen atoms in total. The smallest absolute Gasteiger partial charge is 0.325 e. The van der Waals surface area contributed by atoms with Crippen molar-refractivity contribution in [1.29, 1.82) is 0 Å². The molecular weight excluding hydrogens is 354 g/mol. The first kappa shape index (κ1) is 18.1. The number of rotatable bonds is 7. The van der Waals surface area contributed by atoms with Gasteiger partial charge in [0.1, 0.15) is 12.2 Å². The molecule has 0 aliphatic heterocycles. The molecule has 2 heterocycles. The van der Waals surface area contributed by atoms with Crippen molar-refractivity contribution in [3.8, 4) is 0 Å². The molecule has 0 fully saturated rings. The van der Waals surface area contributed by atoms with Crippen LogP contribution >= 0.6 is 11.6 Å². The number of anilines is 1. The van der Waals surface area contributed by atoms with Crippen molar-refractivity contribution in [2.24, 2.45) is 0 Å². The number of halogens is 1. The molecule has 1 amide bonds. The molecule has 0 aliphatic rings. The van der Waals surface area contributed by atoms with E-state index < -0.39 is 0 Å². The van der Waals surface area contributed by atoms with Gasteiger partial charge in [-0.15, -0.1) is 0 Å². The summed E-state index contributed by atoms with van der Waals surface area (Å²) in [4.78, 5) is 26.9. The van der Waals surface area contributed by atoms with Crippen LogP contribution in [0.3, 0.4) is 0 Å². The number of esters is 1. The van der Waals surface area contributed by atoms with Crippen LogP contribution in [0.5, 0.6) is 0 Å². The Labute approximate surface area is 156 Å². The van der Waals surface area contributed by atoms with Crippen LogP contribution in [0.1, 0.15) is 30.3 Å². The summed E-state index contributed by atoms with van der Waals surface area (Å²) in [5.74, 6) is -0.562. The standard InChI is InChI=1S/C19H20ClN3O3/c1-2-3-10-26-17(24)12-23-9-7-13-11-14(4-5-16(13)23)22-19(25)18-15(20)6-8-21-18/h4-9,11,21H,2-3,10,12H2,1H3,(H,22,25). The Bertz CT molecular complexity index is 929. The van der Waals surface area contributed by atoms with Crippen molar-refractivity contribution in [2.45, 2.75) is 26.3 Å². The maximum atomic E-state index is 12.2. The van der Waals surface area contributed by atoms with Gasteiger partial charge in [0.15, 0.2) is 0 Å². The number of amides is 1. The van der Waals surface area contributed by atoms with E-state index in [0.29, 0.717) is 23.0 Å². The van der Waals surface area contributed by atoms with Crippen LogP contribution in [0.25, 0.3) is 10.9 Å². The summed E-state index contributed by atoms with van der Waals surface area (Å²) < 4.78 is 7.03. The lowest BCUT2D eigenvalue weighted by molar-refractivity contribution is -0.144. The molecule has 0 spiro atoms. The minimum Gasteiger partial charge on any atom is -0.464 e. The highest BCUT2D eigenvalue weighted by molar-refractivity contribution is 6.34. The molecule has 2 aromatic heterocycles. The minimum atomic E-state index is -0.307. The molecule has 0 unspecified atom stereocenters. The maximum absolute atomic E-state index is 12.2. The van der Waals surface area contributed by atoms with Gasteiger partial charge in [0.05, 0.1) is 11.6 Å². The lowest BCUT2D eigenvalue weighted by Crippen LogP contribution is -2.14. The zero-order valence-corrected chi connectivity index (χ0v) is 15.2. The normalized spacial score (nSPS) is 10.8. The van der Waals surface area contributed by atoms with E-state index in [-0.39, 0.29) is 18.4 Å². The number of fused-ring (bicyclic) bond motifs is 1. The molecule has 3 rings (SSSR count). The lowest BCUT2D eigenvalue weighted by atomic mass is 10.2. The quantitative estimate of drug-likeness (QED) is 0.481. The summed E-state index contributed by atoms with van der Waals surface area (Å²) in [6, 6.07) is 9.02. The molecule has 1 aromatic carbocycles. The predicted molar refractivity (Wildman–Crippen MR) is 102 cm³/mol. The number of carbonyl (C=O) groups excluding carboxylic acids is 2. The maximum Gasteiger partial charge on any atom is 0.325 e. The molecule has 0 atom stereocenters. The number of benzene rings is 1. The Kier molecular flexibility index (Phi) is 5.63. The molecule has 0 aliphatic carbocycles. The molecular formula is C19H20ClN3O3. The SMILES string of the molecule is CCCCOC(=O)Cn1ccc2cc(NC(=O)c3[nH]ccc3Cl)ccc21. The number of aromatic amines is 1. The van der Waals surface area contributed by atoms with E-state index in [0.717, 1.165) is 23.7 Å². The highest BCUT2D eigenvalue weighted by Crippen LogP contribution is 2.22. The fourth-order valence-electron chi connectivity index (χ4n) is 2.65. The van der Waals surface area contributed by atoms with Gasteiger partial charge in [-0.25, -0.2) is 0 Å². The van der Waals surface area contributed by atoms with Gasteiger partial charge in [-0.2, -0.15) is 0 Å². The van der Waals surface area contributed by atoms with Gasteiger partial charge in [0.2, 0.25) is 0 Å². The topological polar surface area (TPSA) is 76.1 Å². The lowest BCUT2D eigenvalue weighted by Gasteiger charge is -2.08. The van der Waals surface area contributed by atoms with Crippen molar-refractivity contribution in [3.05, 3.63) is 53.4 Å². The van der Waals surface area contributed by atoms with Gasteiger partial charge < -0.3 is 19.6 Å². The zero-order chi connectivity index (χ0) is 18.5. The van der Waals surface area contributed by atoms with E-state index >= 15 is 0 Å². The Morgan fingerprint density at radius 2 is 2.12 bits per heavy atom. The zero-order valence-electron chi connectivity index (χ0n) is 14.4. The van der Waals surface area contributed by atoms with Gasteiger partial charge in [0, 0.05) is 29.0 Å². The number of nitrogens with zero attached hydrogens (tertiary/aromatic N) is 1. The number of hydrogen-bond donors (Lipinski definition) is 2. The molecule has 26 heavy (non-hydrogen) atoms. The average molecular weight is 374 g/mol. The largest absolute Gasteiger partial charge is 0.464 e. The average Bonchev–Trinajstić information content (AvgIpc) is 3.21. The third-order valence-electron chi connectivity index (χ3n) is 4.01. The second-order valence-corrected chi connectivity index (χ2v) is 6.35. The van der Waals surface area contributed by atoms with Gasteiger partial charge in [0.25, 0.3) is 5.91 Å². The first-order valence-electron chi connectivity index (χ1n) is 8.47. The second-order valence-electron chi connectivity index (χ2n) is 5.95. The van der Waals surface area contributed by atoms with Crippen molar-refractivity contribution >= 4 is 40.1 Å². The van der Waals surface area contributed by atoms with Crippen LogP contribution in [0.2, 0.25) is 5.02 Å². The summed E-state index contributed by atoms with van der Waals surface area (Å²) >= 11 is 5.95. The Hall–Kier alpha value is -2.73. The van der Waals surface area contributed by atoms with Crippen LogP contribution in [0.15, 0.2) is 42.7 Å². The molecule has 3 aromatic rings. The summed E-state index contributed by atoms with van der Waals surface area (Å²) in [5.41, 5.74) is 1.86. The van der Waals surface area contributed by atoms with Crippen molar-refractivity contribution in [3.63, 3.8) is 0 Å². The number of ether oxygens (including phenoxy) is 1. The molecule has 0 saturated carbocycles. The van der Waals surface area contributed by atoms with E-state index in [1.165, 1.54) is 0 Å². The Morgan fingerprint density at radius 3 is 2.85 bits per heavy atom. The van der Waals surface area contributed by atoms with Crippen molar-refractivity contribution in [1.82, 2.24) is 9.55 Å². The first-order valence-corrected chi connectivity index (χ1v) is 8.85. The number of hydrogen-bond acceptors (Lipinski definition) is 3. The van der Waals surface area contributed by atoms with E-state index in [2.05, 4.69) is 10.3 Å². The van der Waals surface area contributed by atoms with E-state index in [1.54, 1.807) is 18.3 Å². The summed E-state index contributed by atoms with van der Waals surface area (Å²) in [5, 5.41) is 4.10. The number of nitrogens with one attached hydrogen (secondary N) is 2. The van der Waals surface area contributed by atoms with Crippen molar-refractivity contribution in [2.75, 3.05) is 11.9 Å². The Morgan fingerprint density at radius 1 is 1.27 bits per heavy atom. The van der Waals surface area contributed by atoms with Crippen LogP contribution in [0.4, 0.5) is 5.69 Å². The van der Waals surface area contributed by atoms with Gasteiger partial charge >= 0.3 is 5.97 Å². The fraction of sp³-hybridized carbons (Fsp3) is 0.263. The van der Waals surface area contributed by atoms with Crippen LogP contribution < -0.4 is 5.32 Å². The molecule has 0 bridgehead atoms. The van der Waals surface area contributed by atoms with Crippen LogP contribution in [-0.4, -0.2) is 28.0 Å². The third kappa shape index (κ3) is 4.08. The third-order valence-corrected chi connectivity index (χ3v) is 4.33. The molecule has 2 N–H and O–H groups in total. The molecule has 0 saturated heterocycles. The first-order chi connectivity index (χ1) is 12.6. The number of unbranched alkanes of at least 4 members (excludes halogenated alkanes) is 1. The molecule has 136 valence electrons. The highest BCUT2D eigenvalue weighted by atomic mass is 35.5. The molecule has 7 heteroatoms. The van der Waals surface area contributed by atoms with Crippen LogP contribution in [-0.2, 0) is 16.1 Å². The van der Waals surface area contributed by atoms with E-state index in [1.807, 2.05) is 35.9 Å². The minimum absolute atomic E-state index is 0.164. The van der Waals surface area contributed by atoms with Gasteiger partial charge in [-0.1, -0.05) is 24.9 Å². The number of carbonyl (C=O) groups is 2. The Balaban J connectivity index is 1.70.